The van der Waals surface area contributed by atoms with Crippen molar-refractivity contribution in [2.75, 3.05) is 0 Å². The van der Waals surface area contributed by atoms with Crippen molar-refractivity contribution in [1.29, 1.82) is 5.26 Å². The van der Waals surface area contributed by atoms with Crippen LogP contribution in [0.4, 0.5) is 0 Å². The molecule has 1 aromatic carbocycles. The van der Waals surface area contributed by atoms with Crippen molar-refractivity contribution in [3.05, 3.63) is 53.5 Å². The highest BCUT2D eigenvalue weighted by molar-refractivity contribution is 7.98. The summed E-state index contributed by atoms with van der Waals surface area (Å²) in [4.78, 5) is 8.16. The first kappa shape index (κ1) is 11.6. The number of benzene rings is 1. The largest absolute Gasteiger partial charge is 0.245 e. The van der Waals surface area contributed by atoms with Gasteiger partial charge in [-0.2, -0.15) is 5.26 Å². The first-order valence-corrected chi connectivity index (χ1v) is 6.17. The lowest BCUT2D eigenvalue weighted by Crippen LogP contribution is -1.89. The molecule has 0 N–H and O–H groups in total. The van der Waals surface area contributed by atoms with E-state index in [1.54, 1.807) is 18.0 Å². The SMILES string of the molecule is Cc1ccccc1CSc1cnc(C#N)cn1. The lowest BCUT2D eigenvalue weighted by atomic mass is 10.1. The molecule has 0 saturated heterocycles. The summed E-state index contributed by atoms with van der Waals surface area (Å²) < 4.78 is 0. The van der Waals surface area contributed by atoms with E-state index in [1.165, 1.54) is 17.3 Å². The number of nitriles is 1. The lowest BCUT2D eigenvalue weighted by Gasteiger charge is -2.04. The van der Waals surface area contributed by atoms with Crippen molar-refractivity contribution < 1.29 is 0 Å². The van der Waals surface area contributed by atoms with Gasteiger partial charge < -0.3 is 0 Å². The van der Waals surface area contributed by atoms with E-state index in [4.69, 9.17) is 5.26 Å². The average Bonchev–Trinajstić information content (AvgIpc) is 2.38. The molecule has 0 saturated carbocycles. The van der Waals surface area contributed by atoms with Gasteiger partial charge in [-0.15, -0.1) is 11.8 Å². The number of hydrogen-bond acceptors (Lipinski definition) is 4. The number of aryl methyl sites for hydroxylation is 1. The molecule has 2 aromatic rings. The van der Waals surface area contributed by atoms with E-state index in [2.05, 4.69) is 29.0 Å². The van der Waals surface area contributed by atoms with Gasteiger partial charge >= 0.3 is 0 Å². The third-order valence-electron chi connectivity index (χ3n) is 2.38. The zero-order valence-electron chi connectivity index (χ0n) is 9.42. The minimum atomic E-state index is 0.352. The van der Waals surface area contributed by atoms with Crippen molar-refractivity contribution >= 4 is 11.8 Å². The molecule has 0 spiro atoms. The Morgan fingerprint density at radius 3 is 2.71 bits per heavy atom. The molecular weight excluding hydrogens is 230 g/mol. The standard InChI is InChI=1S/C13H11N3S/c1-10-4-2-3-5-11(10)9-17-13-8-15-12(6-14)7-16-13/h2-5,7-8H,9H2,1H3. The molecule has 0 radical (unpaired) electrons. The summed E-state index contributed by atoms with van der Waals surface area (Å²) in [6, 6.07) is 10.2. The average molecular weight is 241 g/mol. The fourth-order valence-electron chi connectivity index (χ4n) is 1.37. The van der Waals surface area contributed by atoms with E-state index in [1.807, 2.05) is 18.2 Å². The van der Waals surface area contributed by atoms with Gasteiger partial charge in [0.25, 0.3) is 0 Å². The molecule has 0 aliphatic heterocycles. The molecule has 0 fully saturated rings. The Morgan fingerprint density at radius 2 is 2.06 bits per heavy atom. The Bertz CT molecular complexity index is 543. The van der Waals surface area contributed by atoms with Crippen molar-refractivity contribution in [1.82, 2.24) is 9.97 Å². The van der Waals surface area contributed by atoms with Gasteiger partial charge in [0.1, 0.15) is 11.1 Å². The summed E-state index contributed by atoms with van der Waals surface area (Å²) in [7, 11) is 0. The maximum absolute atomic E-state index is 8.61. The zero-order valence-corrected chi connectivity index (χ0v) is 10.2. The Balaban J connectivity index is 2.03. The monoisotopic (exact) mass is 241 g/mol. The predicted octanol–water partition coefficient (Wildman–Crippen LogP) is 2.95. The predicted molar refractivity (Wildman–Crippen MR) is 67.5 cm³/mol. The van der Waals surface area contributed by atoms with Crippen LogP contribution in [0.15, 0.2) is 41.7 Å². The minimum Gasteiger partial charge on any atom is -0.245 e. The van der Waals surface area contributed by atoms with Crippen LogP contribution < -0.4 is 0 Å². The van der Waals surface area contributed by atoms with Crippen LogP contribution in [0.25, 0.3) is 0 Å². The maximum Gasteiger partial charge on any atom is 0.158 e. The van der Waals surface area contributed by atoms with Crippen LogP contribution in [0.1, 0.15) is 16.8 Å². The van der Waals surface area contributed by atoms with Gasteiger partial charge in [0.15, 0.2) is 5.69 Å². The number of thioether (sulfide) groups is 1. The fourth-order valence-corrected chi connectivity index (χ4v) is 2.25. The van der Waals surface area contributed by atoms with Crippen LogP contribution in [0.3, 0.4) is 0 Å². The van der Waals surface area contributed by atoms with E-state index >= 15 is 0 Å². The molecule has 0 bridgehead atoms. The fraction of sp³-hybridized carbons (Fsp3) is 0.154. The van der Waals surface area contributed by atoms with Gasteiger partial charge in [0.2, 0.25) is 0 Å². The highest BCUT2D eigenvalue weighted by atomic mass is 32.2. The summed E-state index contributed by atoms with van der Waals surface area (Å²) in [5, 5.41) is 9.45. The molecule has 0 aliphatic carbocycles. The lowest BCUT2D eigenvalue weighted by molar-refractivity contribution is 1.04. The number of aromatic nitrogens is 2. The number of nitrogens with zero attached hydrogens (tertiary/aromatic N) is 3. The Labute approximate surface area is 105 Å². The molecule has 1 heterocycles. The minimum absolute atomic E-state index is 0.352. The van der Waals surface area contributed by atoms with E-state index < -0.39 is 0 Å². The van der Waals surface area contributed by atoms with Crippen molar-refractivity contribution in [3.8, 4) is 6.07 Å². The molecule has 4 heteroatoms. The number of hydrogen-bond donors (Lipinski definition) is 0. The second kappa shape index (κ2) is 5.46. The molecule has 84 valence electrons. The molecule has 2 rings (SSSR count). The van der Waals surface area contributed by atoms with Crippen molar-refractivity contribution in [2.24, 2.45) is 0 Å². The van der Waals surface area contributed by atoms with Gasteiger partial charge in [0.05, 0.1) is 12.4 Å². The van der Waals surface area contributed by atoms with E-state index in [0.29, 0.717) is 5.69 Å². The van der Waals surface area contributed by atoms with E-state index in [0.717, 1.165) is 10.8 Å². The summed E-state index contributed by atoms with van der Waals surface area (Å²) in [6.07, 6.45) is 3.14. The second-order valence-corrected chi connectivity index (χ2v) is 4.56. The van der Waals surface area contributed by atoms with Crippen molar-refractivity contribution in [3.63, 3.8) is 0 Å². The molecule has 0 aliphatic rings. The van der Waals surface area contributed by atoms with Gasteiger partial charge in [0, 0.05) is 5.75 Å². The van der Waals surface area contributed by atoms with Crippen molar-refractivity contribution in [2.45, 2.75) is 17.7 Å². The molecule has 1 aromatic heterocycles. The van der Waals surface area contributed by atoms with E-state index in [9.17, 15) is 0 Å². The Morgan fingerprint density at radius 1 is 1.24 bits per heavy atom. The van der Waals surface area contributed by atoms with Crippen LogP contribution in [-0.4, -0.2) is 9.97 Å². The molecule has 0 unspecified atom stereocenters. The molecule has 3 nitrogen and oxygen atoms in total. The summed E-state index contributed by atoms with van der Waals surface area (Å²) in [5.74, 6) is 0.868. The second-order valence-electron chi connectivity index (χ2n) is 3.57. The van der Waals surface area contributed by atoms with Crippen LogP contribution in [0, 0.1) is 18.3 Å². The maximum atomic E-state index is 8.61. The Hall–Kier alpha value is -1.86. The molecule has 0 amide bonds. The smallest absolute Gasteiger partial charge is 0.158 e. The number of rotatable bonds is 3. The van der Waals surface area contributed by atoms with Crippen LogP contribution >= 0.6 is 11.8 Å². The van der Waals surface area contributed by atoms with Crippen LogP contribution in [0.5, 0.6) is 0 Å². The summed E-state index contributed by atoms with van der Waals surface area (Å²) in [5.41, 5.74) is 2.93. The van der Waals surface area contributed by atoms with Gasteiger partial charge in [-0.3, -0.25) is 0 Å². The molecule has 17 heavy (non-hydrogen) atoms. The normalized spacial score (nSPS) is 9.88. The first-order valence-electron chi connectivity index (χ1n) is 5.19. The third kappa shape index (κ3) is 3.05. The highest BCUT2D eigenvalue weighted by Crippen LogP contribution is 2.21. The first-order chi connectivity index (χ1) is 8.29. The summed E-state index contributed by atoms with van der Waals surface area (Å²) in [6.45, 7) is 2.10. The zero-order chi connectivity index (χ0) is 12.1. The van der Waals surface area contributed by atoms with Gasteiger partial charge in [-0.05, 0) is 18.1 Å². The molecular formula is C13H11N3S. The summed E-state index contributed by atoms with van der Waals surface area (Å²) >= 11 is 1.62. The van der Waals surface area contributed by atoms with Gasteiger partial charge in [-0.1, -0.05) is 24.3 Å². The quantitative estimate of drug-likeness (QED) is 0.775. The van der Waals surface area contributed by atoms with Gasteiger partial charge in [-0.25, -0.2) is 9.97 Å². The third-order valence-corrected chi connectivity index (χ3v) is 3.34. The van der Waals surface area contributed by atoms with E-state index in [-0.39, 0.29) is 0 Å². The topological polar surface area (TPSA) is 49.6 Å². The van der Waals surface area contributed by atoms with Crippen LogP contribution in [-0.2, 0) is 5.75 Å². The Kier molecular flexibility index (Phi) is 3.73. The highest BCUT2D eigenvalue weighted by Gasteiger charge is 2.01. The van der Waals surface area contributed by atoms with Crippen LogP contribution in [0.2, 0.25) is 0 Å². The molecule has 0 atom stereocenters.